The average molecular weight is 907 g/mol. The first-order valence-electron chi connectivity index (χ1n) is 22.0. The molecule has 2 aliphatic rings. The van der Waals surface area contributed by atoms with Crippen molar-refractivity contribution < 1.29 is 37.0 Å². The van der Waals surface area contributed by atoms with Crippen molar-refractivity contribution >= 4 is 35.4 Å². The Bertz CT molecular complexity index is 2580. The highest BCUT2D eigenvalue weighted by Gasteiger charge is 2.34. The summed E-state index contributed by atoms with van der Waals surface area (Å²) < 4.78 is 51.1. The van der Waals surface area contributed by atoms with Crippen LogP contribution < -0.4 is 14.4 Å². The molecule has 1 atom stereocenters. The van der Waals surface area contributed by atoms with Gasteiger partial charge in [-0.2, -0.15) is 0 Å². The molecule has 1 saturated heterocycles. The second kappa shape index (κ2) is 19.9. The van der Waals surface area contributed by atoms with Crippen LogP contribution in [0.15, 0.2) is 95.9 Å². The first-order chi connectivity index (χ1) is 30.5. The van der Waals surface area contributed by atoms with Crippen LogP contribution in [-0.4, -0.2) is 108 Å². The van der Waals surface area contributed by atoms with E-state index in [1.165, 1.54) is 11.6 Å². The largest absolute Gasteiger partial charge is 0.496 e. The van der Waals surface area contributed by atoms with E-state index >= 15 is 9.59 Å². The number of anilines is 1. The van der Waals surface area contributed by atoms with E-state index in [2.05, 4.69) is 36.7 Å². The molecule has 3 heterocycles. The SMILES string of the molecule is COc1cccc(CN(C(=O)c2cc(-c3cc(S(C)(=O)=O)ccc3C(=O)N3Cc4ccccc4C[C@H]3CN3CCOCC3)n(C)c2C)c2ccc(OCOCC[Si](C)(C)C)cc2)c1C. The Balaban J connectivity index is 1.25. The monoisotopic (exact) mass is 906 g/mol. The first kappa shape index (κ1) is 46.7. The standard InChI is InChI=1S/C50H62N4O8SSi/c1-35-38(14-11-15-48(35)59-4)31-53(40-16-18-42(19-17-40)62-34-61-26-27-64(6,7)8)50(56)45-30-47(51(3)36(45)2)46-29-43(63(5,57)58)20-21-44(46)49(55)54-32-39-13-10-9-12-37(39)28-41(54)33-52-22-24-60-25-23-52/h9-21,29-30,41H,22-28,31-34H2,1-8H3/t41-/m0/s1. The molecule has 1 fully saturated rings. The van der Waals surface area contributed by atoms with Crippen LogP contribution in [0.1, 0.15) is 48.7 Å². The number of fused-ring (bicyclic) bond motifs is 1. The van der Waals surface area contributed by atoms with Crippen molar-refractivity contribution in [1.29, 1.82) is 0 Å². The number of aromatic nitrogens is 1. The van der Waals surface area contributed by atoms with Crippen molar-refractivity contribution in [2.75, 3.05) is 64.5 Å². The molecule has 1 aromatic heterocycles. The minimum atomic E-state index is -3.67. The number of nitrogens with zero attached hydrogens (tertiary/aromatic N) is 4. The van der Waals surface area contributed by atoms with Gasteiger partial charge in [0, 0.05) is 88.4 Å². The molecule has 5 aromatic rings. The maximum Gasteiger partial charge on any atom is 0.260 e. The van der Waals surface area contributed by atoms with E-state index in [0.29, 0.717) is 84.6 Å². The van der Waals surface area contributed by atoms with E-state index in [1.54, 1.807) is 30.2 Å². The summed E-state index contributed by atoms with van der Waals surface area (Å²) >= 11 is 0. The molecule has 0 radical (unpaired) electrons. The summed E-state index contributed by atoms with van der Waals surface area (Å²) in [6.07, 6.45) is 1.86. The van der Waals surface area contributed by atoms with Crippen molar-refractivity contribution in [2.24, 2.45) is 7.05 Å². The molecular formula is C50H62N4O8SSi. The van der Waals surface area contributed by atoms with Crippen molar-refractivity contribution in [3.63, 3.8) is 0 Å². The van der Waals surface area contributed by atoms with E-state index in [1.807, 2.05) is 85.0 Å². The van der Waals surface area contributed by atoms with Crippen molar-refractivity contribution in [3.05, 3.63) is 130 Å². The van der Waals surface area contributed by atoms with E-state index in [4.69, 9.17) is 18.9 Å². The Morgan fingerprint density at radius 3 is 2.30 bits per heavy atom. The summed E-state index contributed by atoms with van der Waals surface area (Å²) in [7, 11) is -1.43. The van der Waals surface area contributed by atoms with E-state index in [0.717, 1.165) is 42.1 Å². The third kappa shape index (κ3) is 10.8. The molecule has 340 valence electrons. The van der Waals surface area contributed by atoms with Crippen LogP contribution >= 0.6 is 0 Å². The van der Waals surface area contributed by atoms with Crippen molar-refractivity contribution in [1.82, 2.24) is 14.4 Å². The second-order valence-electron chi connectivity index (χ2n) is 18.2. The second-order valence-corrected chi connectivity index (χ2v) is 25.8. The van der Waals surface area contributed by atoms with E-state index in [9.17, 15) is 8.42 Å². The number of ether oxygens (including phenoxy) is 4. The Hall–Kier alpha value is -5.25. The van der Waals surface area contributed by atoms with Crippen LogP contribution in [0.2, 0.25) is 25.7 Å². The number of amides is 2. The number of methoxy groups -OCH3 is 1. The van der Waals surface area contributed by atoms with Crippen LogP contribution in [-0.2, 0) is 45.9 Å². The zero-order chi connectivity index (χ0) is 45.8. The highest BCUT2D eigenvalue weighted by Crippen LogP contribution is 2.35. The summed E-state index contributed by atoms with van der Waals surface area (Å²) in [5.41, 5.74) is 7.19. The zero-order valence-corrected chi connectivity index (χ0v) is 40.3. The van der Waals surface area contributed by atoms with Gasteiger partial charge in [-0.15, -0.1) is 0 Å². The van der Waals surface area contributed by atoms with Gasteiger partial charge >= 0.3 is 0 Å². The molecule has 2 amide bonds. The first-order valence-corrected chi connectivity index (χ1v) is 27.6. The summed E-state index contributed by atoms with van der Waals surface area (Å²) in [6.45, 7) is 15.7. The Labute approximate surface area is 379 Å². The lowest BCUT2D eigenvalue weighted by atomic mass is 9.92. The molecule has 0 N–H and O–H groups in total. The molecule has 2 aliphatic heterocycles. The normalized spacial score (nSPS) is 15.8. The van der Waals surface area contributed by atoms with Gasteiger partial charge in [0.05, 0.1) is 37.3 Å². The molecule has 12 nitrogen and oxygen atoms in total. The summed E-state index contributed by atoms with van der Waals surface area (Å²) in [4.78, 5) is 36.3. The smallest absolute Gasteiger partial charge is 0.260 e. The predicted octanol–water partition coefficient (Wildman–Crippen LogP) is 8.16. The molecule has 0 bridgehead atoms. The molecule has 0 spiro atoms. The van der Waals surface area contributed by atoms with Gasteiger partial charge in [0.15, 0.2) is 16.6 Å². The third-order valence-electron chi connectivity index (χ3n) is 12.5. The highest BCUT2D eigenvalue weighted by atomic mass is 32.2. The maximum atomic E-state index is 15.1. The summed E-state index contributed by atoms with van der Waals surface area (Å²) in [6, 6.07) is 28.8. The van der Waals surface area contributed by atoms with Crippen LogP contribution in [0.25, 0.3) is 11.3 Å². The Kier molecular flexibility index (Phi) is 14.5. The van der Waals surface area contributed by atoms with Gasteiger partial charge in [-0.1, -0.05) is 56.0 Å². The van der Waals surface area contributed by atoms with Gasteiger partial charge in [-0.3, -0.25) is 14.5 Å². The van der Waals surface area contributed by atoms with E-state index in [-0.39, 0.29) is 36.1 Å². The van der Waals surface area contributed by atoms with Crippen molar-refractivity contribution in [2.45, 2.75) is 70.0 Å². The lowest BCUT2D eigenvalue weighted by Gasteiger charge is -2.40. The van der Waals surface area contributed by atoms with Crippen molar-refractivity contribution in [3.8, 4) is 22.8 Å². The fourth-order valence-corrected chi connectivity index (χ4v) is 9.87. The molecule has 4 aromatic carbocycles. The molecule has 0 aliphatic carbocycles. The lowest BCUT2D eigenvalue weighted by Crippen LogP contribution is -2.52. The Morgan fingerprint density at radius 1 is 0.891 bits per heavy atom. The van der Waals surface area contributed by atoms with Crippen LogP contribution in [0.5, 0.6) is 11.5 Å². The molecule has 14 heteroatoms. The molecule has 0 saturated carbocycles. The fourth-order valence-electron chi connectivity index (χ4n) is 8.47. The number of sulfone groups is 1. The minimum Gasteiger partial charge on any atom is -0.496 e. The summed E-state index contributed by atoms with van der Waals surface area (Å²) in [5.74, 6) is 0.865. The Morgan fingerprint density at radius 2 is 1.61 bits per heavy atom. The number of morpholine rings is 1. The number of hydrogen-bond acceptors (Lipinski definition) is 9. The molecule has 7 rings (SSSR count). The lowest BCUT2D eigenvalue weighted by molar-refractivity contribution is 0.0192. The molecule has 64 heavy (non-hydrogen) atoms. The van der Waals surface area contributed by atoms with E-state index < -0.39 is 17.9 Å². The topological polar surface area (TPSA) is 120 Å². The minimum absolute atomic E-state index is 0.0820. The number of benzene rings is 4. The number of carbonyl (C=O) groups is 2. The maximum absolute atomic E-state index is 15.1. The fraction of sp³-hybridized carbons (Fsp3) is 0.400. The quantitative estimate of drug-likeness (QED) is 0.0549. The van der Waals surface area contributed by atoms with Gasteiger partial charge < -0.3 is 33.3 Å². The van der Waals surface area contributed by atoms with Crippen LogP contribution in [0.4, 0.5) is 5.69 Å². The predicted molar refractivity (Wildman–Crippen MR) is 254 cm³/mol. The van der Waals surface area contributed by atoms with Crippen LogP contribution in [0, 0.1) is 13.8 Å². The highest BCUT2D eigenvalue weighted by molar-refractivity contribution is 7.90. The zero-order valence-electron chi connectivity index (χ0n) is 38.5. The number of rotatable bonds is 16. The van der Waals surface area contributed by atoms with Crippen LogP contribution in [0.3, 0.4) is 0 Å². The third-order valence-corrected chi connectivity index (χ3v) is 15.3. The average Bonchev–Trinajstić information content (AvgIpc) is 3.57. The van der Waals surface area contributed by atoms with Gasteiger partial charge in [-0.25, -0.2) is 8.42 Å². The number of hydrogen-bond donors (Lipinski definition) is 0. The molecular weight excluding hydrogens is 845 g/mol. The van der Waals surface area contributed by atoms with Gasteiger partial charge in [0.25, 0.3) is 11.8 Å². The molecule has 0 unspecified atom stereocenters. The van der Waals surface area contributed by atoms with Gasteiger partial charge in [0.1, 0.15) is 11.5 Å². The summed E-state index contributed by atoms with van der Waals surface area (Å²) in [5, 5.41) is 0. The van der Waals surface area contributed by atoms with Gasteiger partial charge in [0.2, 0.25) is 0 Å². The van der Waals surface area contributed by atoms with Gasteiger partial charge in [-0.05, 0) is 103 Å². The number of carbonyl (C=O) groups excluding carboxylic acids is 2.